The Kier molecular flexibility index (Phi) is 6.51. The third-order valence-corrected chi connectivity index (χ3v) is 9.88. The zero-order chi connectivity index (χ0) is 27.6. The minimum absolute atomic E-state index is 0.0560. The normalized spacial score (nSPS) is 22.1. The quantitative estimate of drug-likeness (QED) is 0.419. The molecule has 3 aliphatic heterocycles. The highest BCUT2D eigenvalue weighted by Crippen LogP contribution is 2.48. The second-order valence-corrected chi connectivity index (χ2v) is 12.4. The molecule has 2 fully saturated rings. The van der Waals surface area contributed by atoms with Crippen molar-refractivity contribution in [3.63, 3.8) is 0 Å². The average molecular weight is 569 g/mol. The number of benzene rings is 2. The molecule has 0 aliphatic carbocycles. The summed E-state index contributed by atoms with van der Waals surface area (Å²) in [6, 6.07) is 6.72. The Bertz CT molecular complexity index is 1590. The number of piperazine rings is 1. The van der Waals surface area contributed by atoms with Crippen LogP contribution in [0.4, 0.5) is 10.2 Å². The number of aryl methyl sites for hydroxylation is 1. The Morgan fingerprint density at radius 1 is 1.26 bits per heavy atom. The number of nitrogens with zero attached hydrogens (tertiary/aromatic N) is 4. The summed E-state index contributed by atoms with van der Waals surface area (Å²) in [5.41, 5.74) is 3.13. The van der Waals surface area contributed by atoms with Gasteiger partial charge in [0.05, 0.1) is 23.8 Å². The number of anilines is 1. The van der Waals surface area contributed by atoms with Gasteiger partial charge in [0, 0.05) is 58.7 Å². The predicted octanol–water partition coefficient (Wildman–Crippen LogP) is 4.90. The molecule has 10 heteroatoms. The molecule has 0 N–H and O–H groups in total. The molecule has 0 bridgehead atoms. The van der Waals surface area contributed by atoms with Crippen molar-refractivity contribution in [1.29, 1.82) is 0 Å². The Balaban J connectivity index is 1.58. The zero-order valence-corrected chi connectivity index (χ0v) is 23.7. The summed E-state index contributed by atoms with van der Waals surface area (Å²) in [4.78, 5) is 35.8. The van der Waals surface area contributed by atoms with Gasteiger partial charge in [-0.25, -0.2) is 9.18 Å². The van der Waals surface area contributed by atoms with Crippen LogP contribution in [-0.4, -0.2) is 64.5 Å². The first-order valence-corrected chi connectivity index (χ1v) is 14.4. The molecule has 1 spiro atoms. The van der Waals surface area contributed by atoms with Gasteiger partial charge >= 0.3 is 5.69 Å². The lowest BCUT2D eigenvalue weighted by Crippen LogP contribution is -2.58. The van der Waals surface area contributed by atoms with E-state index >= 15 is 0 Å². The van der Waals surface area contributed by atoms with Gasteiger partial charge in [-0.15, -0.1) is 11.8 Å². The number of hydrogen-bond donors (Lipinski definition) is 0. The molecular formula is C29H30ClFN4O3S. The van der Waals surface area contributed by atoms with Crippen molar-refractivity contribution in [2.45, 2.75) is 44.3 Å². The van der Waals surface area contributed by atoms with Crippen LogP contribution in [0.5, 0.6) is 0 Å². The maximum atomic E-state index is 14.1. The van der Waals surface area contributed by atoms with E-state index in [0.29, 0.717) is 38.7 Å². The maximum absolute atomic E-state index is 14.1. The van der Waals surface area contributed by atoms with Gasteiger partial charge < -0.3 is 14.5 Å². The lowest BCUT2D eigenvalue weighted by atomic mass is 9.88. The molecule has 1 aromatic heterocycles. The van der Waals surface area contributed by atoms with Crippen LogP contribution in [-0.2, 0) is 16.1 Å². The largest absolute Gasteiger partial charge is 0.380 e. The van der Waals surface area contributed by atoms with Gasteiger partial charge in [0.15, 0.2) is 0 Å². The molecule has 0 saturated carbocycles. The summed E-state index contributed by atoms with van der Waals surface area (Å²) in [6.07, 6.45) is 1.35. The Morgan fingerprint density at radius 3 is 2.69 bits per heavy atom. The lowest BCUT2D eigenvalue weighted by molar-refractivity contribution is -0.128. The number of rotatable bonds is 3. The SMILES string of the molecule is C=CC(=O)N1C[C@H](C)N(c2nc(=O)n3c4c(c(-c5ccc(F)c(Cl)c5)c(C)cc24)SCC2(COC2)C3)C[C@H]1C. The van der Waals surface area contributed by atoms with Crippen LogP contribution in [0.2, 0.25) is 5.02 Å². The van der Waals surface area contributed by atoms with E-state index in [0.717, 1.165) is 38.2 Å². The van der Waals surface area contributed by atoms with E-state index in [9.17, 15) is 14.0 Å². The highest BCUT2D eigenvalue weighted by Gasteiger charge is 2.43. The summed E-state index contributed by atoms with van der Waals surface area (Å²) < 4.78 is 21.5. The molecule has 6 rings (SSSR count). The molecule has 1 amide bonds. The molecule has 39 heavy (non-hydrogen) atoms. The molecule has 7 nitrogen and oxygen atoms in total. The molecule has 0 unspecified atom stereocenters. The Morgan fingerprint density at radius 2 is 2.03 bits per heavy atom. The van der Waals surface area contributed by atoms with E-state index in [-0.39, 0.29) is 34.1 Å². The van der Waals surface area contributed by atoms with E-state index in [1.54, 1.807) is 28.5 Å². The number of aromatic nitrogens is 2. The maximum Gasteiger partial charge on any atom is 0.350 e. The second kappa shape index (κ2) is 9.64. The van der Waals surface area contributed by atoms with Crippen molar-refractivity contribution in [3.8, 4) is 11.1 Å². The molecule has 3 aliphatic rings. The summed E-state index contributed by atoms with van der Waals surface area (Å²) in [5, 5.41) is 0.954. The summed E-state index contributed by atoms with van der Waals surface area (Å²) >= 11 is 7.92. The topological polar surface area (TPSA) is 67.7 Å². The number of carbonyl (C=O) groups excluding carboxylic acids is 1. The first-order valence-electron chi connectivity index (χ1n) is 13.1. The molecule has 2 saturated heterocycles. The summed E-state index contributed by atoms with van der Waals surface area (Å²) in [5.74, 6) is 0.854. The monoisotopic (exact) mass is 568 g/mol. The van der Waals surface area contributed by atoms with Crippen LogP contribution in [0, 0.1) is 18.2 Å². The van der Waals surface area contributed by atoms with Gasteiger partial charge in [-0.2, -0.15) is 4.98 Å². The predicted molar refractivity (Wildman–Crippen MR) is 153 cm³/mol. The van der Waals surface area contributed by atoms with Crippen LogP contribution in [0.15, 0.2) is 46.6 Å². The smallest absolute Gasteiger partial charge is 0.350 e. The van der Waals surface area contributed by atoms with Gasteiger partial charge in [0.1, 0.15) is 11.6 Å². The van der Waals surface area contributed by atoms with Gasteiger partial charge in [-0.1, -0.05) is 24.2 Å². The lowest BCUT2D eigenvalue weighted by Gasteiger charge is -2.44. The number of ether oxygens (including phenoxy) is 1. The molecule has 2 atom stereocenters. The standard InChI is InChI=1S/C29H30ClFN4O3S/c1-5-23(36)33-10-18(4)34(11-17(33)3)27-20-8-16(2)24(19-6-7-22(31)21(30)9-19)26-25(20)35(28(37)32-27)12-29(15-39-26)13-38-14-29/h5-9,17-18H,1,10-15H2,2-4H3/t17-,18+/m1/s1. The van der Waals surface area contributed by atoms with E-state index in [4.69, 9.17) is 16.3 Å². The summed E-state index contributed by atoms with van der Waals surface area (Å²) in [7, 11) is 0. The number of hydrogen-bond acceptors (Lipinski definition) is 6. The van der Waals surface area contributed by atoms with Crippen molar-refractivity contribution in [2.75, 3.05) is 37.0 Å². The number of thioether (sulfide) groups is 1. The Hall–Kier alpha value is -2.88. The fourth-order valence-corrected chi connectivity index (χ4v) is 7.73. The van der Waals surface area contributed by atoms with Crippen molar-refractivity contribution in [2.24, 2.45) is 5.41 Å². The van der Waals surface area contributed by atoms with Crippen LogP contribution in [0.3, 0.4) is 0 Å². The van der Waals surface area contributed by atoms with Crippen LogP contribution in [0.25, 0.3) is 22.0 Å². The molecule has 3 aromatic rings. The average Bonchev–Trinajstić information content (AvgIpc) is 3.07. The number of carbonyl (C=O) groups is 1. The first kappa shape index (κ1) is 26.3. The second-order valence-electron chi connectivity index (χ2n) is 11.1. The molecule has 0 radical (unpaired) electrons. The Labute approximate surface area is 235 Å². The molecule has 4 heterocycles. The van der Waals surface area contributed by atoms with E-state index in [1.165, 1.54) is 12.1 Å². The van der Waals surface area contributed by atoms with Crippen LogP contribution in [0.1, 0.15) is 19.4 Å². The van der Waals surface area contributed by atoms with E-state index in [2.05, 4.69) is 22.5 Å². The van der Waals surface area contributed by atoms with Crippen molar-refractivity contribution in [3.05, 3.63) is 63.8 Å². The van der Waals surface area contributed by atoms with Gasteiger partial charge in [-0.3, -0.25) is 9.36 Å². The minimum atomic E-state index is -0.469. The van der Waals surface area contributed by atoms with Gasteiger partial charge in [0.2, 0.25) is 5.91 Å². The van der Waals surface area contributed by atoms with Gasteiger partial charge in [-0.05, 0) is 56.2 Å². The van der Waals surface area contributed by atoms with Crippen molar-refractivity contribution >= 4 is 46.0 Å². The van der Waals surface area contributed by atoms with Crippen molar-refractivity contribution in [1.82, 2.24) is 14.5 Å². The first-order chi connectivity index (χ1) is 18.6. The van der Waals surface area contributed by atoms with Crippen LogP contribution < -0.4 is 10.6 Å². The van der Waals surface area contributed by atoms with E-state index in [1.807, 2.05) is 25.7 Å². The number of amides is 1. The molecule has 2 aromatic carbocycles. The fraction of sp³-hybridized carbons (Fsp3) is 0.414. The third kappa shape index (κ3) is 4.26. The highest BCUT2D eigenvalue weighted by atomic mass is 35.5. The minimum Gasteiger partial charge on any atom is -0.380 e. The fourth-order valence-electron chi connectivity index (χ4n) is 6.06. The van der Waals surface area contributed by atoms with Crippen LogP contribution >= 0.6 is 23.4 Å². The molecular weight excluding hydrogens is 539 g/mol. The van der Waals surface area contributed by atoms with E-state index < -0.39 is 5.82 Å². The van der Waals surface area contributed by atoms with Crippen molar-refractivity contribution < 1.29 is 13.9 Å². The third-order valence-electron chi connectivity index (χ3n) is 8.15. The summed E-state index contributed by atoms with van der Waals surface area (Å²) in [6.45, 7) is 12.5. The zero-order valence-electron chi connectivity index (χ0n) is 22.2. The highest BCUT2D eigenvalue weighted by molar-refractivity contribution is 7.99. The van der Waals surface area contributed by atoms with Gasteiger partial charge in [0.25, 0.3) is 0 Å². The number of halogens is 2. The molecule has 204 valence electrons.